The molecule has 0 amide bonds. The first kappa shape index (κ1) is 14.4. The van der Waals surface area contributed by atoms with Gasteiger partial charge >= 0.3 is 0 Å². The van der Waals surface area contributed by atoms with Crippen LogP contribution in [0.2, 0.25) is 10.0 Å². The summed E-state index contributed by atoms with van der Waals surface area (Å²) in [5, 5.41) is 0.865. The minimum absolute atomic E-state index is 0.0454. The van der Waals surface area contributed by atoms with E-state index in [1.165, 1.54) is 6.07 Å². The Bertz CT molecular complexity index is 622. The Labute approximate surface area is 128 Å². The van der Waals surface area contributed by atoms with E-state index in [1.807, 2.05) is 0 Å². The van der Waals surface area contributed by atoms with Gasteiger partial charge in [-0.2, -0.15) is 0 Å². The molecule has 0 aliphatic heterocycles. The van der Waals surface area contributed by atoms with Gasteiger partial charge in [0, 0.05) is 21.8 Å². The normalized spacial score (nSPS) is 10.5. The first-order valence-electron chi connectivity index (χ1n) is 5.28. The number of hydrogen-bond acceptors (Lipinski definition) is 2. The number of anilines is 1. The molecule has 19 heavy (non-hydrogen) atoms. The highest BCUT2D eigenvalue weighted by Gasteiger charge is 2.09. The molecule has 0 heterocycles. The third kappa shape index (κ3) is 3.53. The molecule has 0 spiro atoms. The Morgan fingerprint density at radius 2 is 1.89 bits per heavy atom. The topological polar surface area (TPSA) is 35.2 Å². The van der Waals surface area contributed by atoms with E-state index in [0.717, 1.165) is 0 Å². The Morgan fingerprint density at radius 3 is 2.58 bits per heavy atom. The third-order valence-electron chi connectivity index (χ3n) is 2.44. The molecule has 2 aromatic rings. The van der Waals surface area contributed by atoms with Crippen LogP contribution in [0.1, 0.15) is 5.56 Å². The van der Waals surface area contributed by atoms with Crippen molar-refractivity contribution in [1.82, 2.24) is 0 Å². The van der Waals surface area contributed by atoms with Crippen molar-refractivity contribution < 1.29 is 9.13 Å². The largest absolute Gasteiger partial charge is 0.487 e. The number of rotatable bonds is 3. The van der Waals surface area contributed by atoms with E-state index in [2.05, 4.69) is 15.9 Å². The summed E-state index contributed by atoms with van der Waals surface area (Å²) in [7, 11) is 0. The van der Waals surface area contributed by atoms with Crippen LogP contribution in [0.4, 0.5) is 10.1 Å². The molecule has 2 N–H and O–H groups in total. The summed E-state index contributed by atoms with van der Waals surface area (Å²) in [6.45, 7) is 0.0454. The molecular formula is C13H9BrCl2FNO. The van der Waals surface area contributed by atoms with Gasteiger partial charge in [0.05, 0.1) is 10.0 Å². The molecule has 0 aromatic heterocycles. The second-order valence-corrected chi connectivity index (χ2v) is 5.50. The average molecular weight is 365 g/mol. The number of ether oxygens (including phenoxy) is 1. The van der Waals surface area contributed by atoms with Crippen molar-refractivity contribution in [2.45, 2.75) is 6.61 Å². The van der Waals surface area contributed by atoms with E-state index in [1.54, 1.807) is 24.3 Å². The number of benzene rings is 2. The molecular weight excluding hydrogens is 356 g/mol. The first-order chi connectivity index (χ1) is 8.97. The van der Waals surface area contributed by atoms with Crippen molar-refractivity contribution in [3.8, 4) is 5.75 Å². The fourth-order valence-corrected chi connectivity index (χ4v) is 2.30. The highest BCUT2D eigenvalue weighted by Crippen LogP contribution is 2.34. The highest BCUT2D eigenvalue weighted by molar-refractivity contribution is 9.10. The van der Waals surface area contributed by atoms with Crippen LogP contribution in [0.5, 0.6) is 5.75 Å². The summed E-state index contributed by atoms with van der Waals surface area (Å²) in [5.41, 5.74) is 6.23. The van der Waals surface area contributed by atoms with E-state index in [4.69, 9.17) is 33.7 Å². The molecule has 100 valence electrons. The van der Waals surface area contributed by atoms with Gasteiger partial charge in [-0.05, 0) is 34.1 Å². The predicted molar refractivity (Wildman–Crippen MR) is 79.3 cm³/mol. The van der Waals surface area contributed by atoms with Crippen LogP contribution < -0.4 is 10.5 Å². The summed E-state index contributed by atoms with van der Waals surface area (Å²) >= 11 is 15.2. The van der Waals surface area contributed by atoms with Gasteiger partial charge < -0.3 is 10.5 Å². The molecule has 0 saturated carbocycles. The van der Waals surface area contributed by atoms with Crippen LogP contribution in [0.3, 0.4) is 0 Å². The second-order valence-electron chi connectivity index (χ2n) is 3.84. The third-order valence-corrected chi connectivity index (χ3v) is 3.93. The Kier molecular flexibility index (Phi) is 4.55. The smallest absolute Gasteiger partial charge is 0.139 e. The van der Waals surface area contributed by atoms with Gasteiger partial charge in [-0.3, -0.25) is 0 Å². The second kappa shape index (κ2) is 5.99. The van der Waals surface area contributed by atoms with Crippen molar-refractivity contribution in [3.63, 3.8) is 0 Å². The first-order valence-corrected chi connectivity index (χ1v) is 6.83. The highest BCUT2D eigenvalue weighted by atomic mass is 79.9. The zero-order valence-corrected chi connectivity index (χ0v) is 12.7. The van der Waals surface area contributed by atoms with E-state index in [9.17, 15) is 4.39 Å². The molecule has 0 aliphatic rings. The quantitative estimate of drug-likeness (QED) is 0.610. The zero-order chi connectivity index (χ0) is 14.0. The summed E-state index contributed by atoms with van der Waals surface area (Å²) in [5.74, 6) is -0.0228. The Morgan fingerprint density at radius 1 is 1.16 bits per heavy atom. The van der Waals surface area contributed by atoms with Crippen molar-refractivity contribution in [1.29, 1.82) is 0 Å². The van der Waals surface area contributed by atoms with Crippen LogP contribution in [0, 0.1) is 5.82 Å². The lowest BCUT2D eigenvalue weighted by Gasteiger charge is -2.10. The Balaban J connectivity index is 2.16. The molecule has 2 rings (SSSR count). The van der Waals surface area contributed by atoms with Gasteiger partial charge in [-0.15, -0.1) is 0 Å². The van der Waals surface area contributed by atoms with Crippen molar-refractivity contribution >= 4 is 44.8 Å². The molecule has 2 nitrogen and oxygen atoms in total. The van der Waals surface area contributed by atoms with E-state index >= 15 is 0 Å². The molecule has 0 radical (unpaired) electrons. The number of nitrogens with two attached hydrogens (primary N) is 1. The van der Waals surface area contributed by atoms with E-state index in [0.29, 0.717) is 31.5 Å². The molecule has 0 aliphatic carbocycles. The van der Waals surface area contributed by atoms with Crippen LogP contribution in [-0.4, -0.2) is 0 Å². The van der Waals surface area contributed by atoms with Gasteiger partial charge in [-0.25, -0.2) is 4.39 Å². The van der Waals surface area contributed by atoms with Crippen LogP contribution in [-0.2, 0) is 6.61 Å². The number of hydrogen-bond donors (Lipinski definition) is 1. The lowest BCUT2D eigenvalue weighted by atomic mass is 10.2. The van der Waals surface area contributed by atoms with Gasteiger partial charge in [0.1, 0.15) is 18.2 Å². The van der Waals surface area contributed by atoms with Gasteiger partial charge in [0.15, 0.2) is 0 Å². The lowest BCUT2D eigenvalue weighted by Crippen LogP contribution is -2.00. The van der Waals surface area contributed by atoms with Crippen LogP contribution in [0.25, 0.3) is 0 Å². The maximum absolute atomic E-state index is 13.6. The van der Waals surface area contributed by atoms with Crippen molar-refractivity contribution in [2.24, 2.45) is 0 Å². The molecule has 0 fully saturated rings. The summed E-state index contributed by atoms with van der Waals surface area (Å²) in [4.78, 5) is 0. The van der Waals surface area contributed by atoms with Gasteiger partial charge in [0.2, 0.25) is 0 Å². The number of halogens is 4. The molecule has 6 heteroatoms. The van der Waals surface area contributed by atoms with Crippen molar-refractivity contribution in [2.75, 3.05) is 5.73 Å². The maximum Gasteiger partial charge on any atom is 0.139 e. The minimum Gasteiger partial charge on any atom is -0.487 e. The fourth-order valence-electron chi connectivity index (χ4n) is 1.45. The monoisotopic (exact) mass is 363 g/mol. The Hall–Kier alpha value is -0.970. The molecule has 0 unspecified atom stereocenters. The standard InChI is InChI=1S/C13H9BrCl2FNO/c14-9-4-11(16)13(5-10(9)15)19-6-7-1-2-8(18)3-12(7)17/h1-5H,6,18H2. The molecule has 2 aromatic carbocycles. The van der Waals surface area contributed by atoms with Crippen LogP contribution in [0.15, 0.2) is 34.8 Å². The summed E-state index contributed by atoms with van der Waals surface area (Å²) in [6.07, 6.45) is 0. The molecule has 0 saturated heterocycles. The average Bonchev–Trinajstić information content (AvgIpc) is 2.34. The molecule has 0 atom stereocenters. The van der Waals surface area contributed by atoms with Crippen LogP contribution >= 0.6 is 39.1 Å². The minimum atomic E-state index is -0.417. The van der Waals surface area contributed by atoms with E-state index < -0.39 is 5.82 Å². The lowest BCUT2D eigenvalue weighted by molar-refractivity contribution is 0.300. The summed E-state index contributed by atoms with van der Waals surface area (Å²) in [6, 6.07) is 7.62. The maximum atomic E-state index is 13.6. The van der Waals surface area contributed by atoms with Gasteiger partial charge in [0.25, 0.3) is 0 Å². The zero-order valence-electron chi connectivity index (χ0n) is 9.59. The fraction of sp³-hybridized carbons (Fsp3) is 0.0769. The number of nitrogen functional groups attached to an aromatic ring is 1. The predicted octanol–water partition coefficient (Wildman–Crippen LogP) is 5.06. The van der Waals surface area contributed by atoms with Gasteiger partial charge in [-0.1, -0.05) is 29.3 Å². The summed E-state index contributed by atoms with van der Waals surface area (Å²) < 4.78 is 19.7. The van der Waals surface area contributed by atoms with Crippen molar-refractivity contribution in [3.05, 3.63) is 56.2 Å². The SMILES string of the molecule is Nc1ccc(COc2cc(Cl)c(Br)cc2Cl)c(F)c1. The molecule has 0 bridgehead atoms. The van der Waals surface area contributed by atoms with E-state index in [-0.39, 0.29) is 6.61 Å².